The monoisotopic (exact) mass is 269 g/mol. The number of nitrogens with one attached hydrogen (secondary N) is 1. The minimum absolute atomic E-state index is 0.0448. The van der Waals surface area contributed by atoms with Gasteiger partial charge in [-0.25, -0.2) is 0 Å². The van der Waals surface area contributed by atoms with Crippen molar-refractivity contribution in [3.8, 4) is 0 Å². The van der Waals surface area contributed by atoms with Gasteiger partial charge in [0.1, 0.15) is 6.61 Å². The number of hydrogen-bond donors (Lipinski definition) is 2. The van der Waals surface area contributed by atoms with Crippen molar-refractivity contribution in [1.82, 2.24) is 10.2 Å². The van der Waals surface area contributed by atoms with Crippen molar-refractivity contribution in [3.05, 3.63) is 0 Å². The predicted molar refractivity (Wildman–Crippen MR) is 74.8 cm³/mol. The maximum Gasteiger partial charge on any atom is 0.243 e. The van der Waals surface area contributed by atoms with Gasteiger partial charge in [-0.15, -0.1) is 0 Å². The first-order valence-corrected chi connectivity index (χ1v) is 7.56. The number of nitrogens with two attached hydrogens (primary N) is 1. The molecule has 0 aromatic carbocycles. The van der Waals surface area contributed by atoms with Crippen LogP contribution >= 0.6 is 0 Å². The molecule has 2 saturated heterocycles. The molecule has 0 radical (unpaired) electrons. The molecule has 0 aromatic heterocycles. The lowest BCUT2D eigenvalue weighted by Crippen LogP contribution is -2.56. The van der Waals surface area contributed by atoms with Crippen LogP contribution in [0.3, 0.4) is 0 Å². The molecule has 5 heteroatoms. The fourth-order valence-corrected chi connectivity index (χ4v) is 3.64. The van der Waals surface area contributed by atoms with E-state index in [1.165, 1.54) is 32.1 Å². The Kier molecular flexibility index (Phi) is 5.60. The van der Waals surface area contributed by atoms with Gasteiger partial charge in [-0.3, -0.25) is 9.69 Å². The topological polar surface area (TPSA) is 67.6 Å². The first-order valence-electron chi connectivity index (χ1n) is 7.56. The lowest BCUT2D eigenvalue weighted by molar-refractivity contribution is -0.122. The van der Waals surface area contributed by atoms with Gasteiger partial charge in [-0.2, -0.15) is 0 Å². The van der Waals surface area contributed by atoms with E-state index in [9.17, 15) is 4.79 Å². The molecule has 2 aliphatic heterocycles. The Morgan fingerprint density at radius 1 is 1.37 bits per heavy atom. The van der Waals surface area contributed by atoms with Crippen LogP contribution in [0.25, 0.3) is 0 Å². The van der Waals surface area contributed by atoms with Crippen molar-refractivity contribution in [1.29, 1.82) is 0 Å². The van der Waals surface area contributed by atoms with Crippen molar-refractivity contribution in [2.75, 3.05) is 26.3 Å². The van der Waals surface area contributed by atoms with Crippen LogP contribution < -0.4 is 11.1 Å². The summed E-state index contributed by atoms with van der Waals surface area (Å²) in [6, 6.07) is 2.06. The molecule has 1 amide bonds. The Morgan fingerprint density at radius 2 is 2.05 bits per heavy atom. The fourth-order valence-electron chi connectivity index (χ4n) is 3.64. The Labute approximate surface area is 115 Å². The lowest BCUT2D eigenvalue weighted by atomic mass is 9.82. The predicted octanol–water partition coefficient (Wildman–Crippen LogP) is 0.483. The van der Waals surface area contributed by atoms with Crippen molar-refractivity contribution >= 4 is 5.91 Å². The molecule has 3 N–H and O–H groups in total. The summed E-state index contributed by atoms with van der Waals surface area (Å²) in [7, 11) is 0. The summed E-state index contributed by atoms with van der Waals surface area (Å²) in [4.78, 5) is 13.2. The highest BCUT2D eigenvalue weighted by atomic mass is 16.5. The molecule has 5 nitrogen and oxygen atoms in total. The standard InChI is InChI=1S/C14H27N3O2/c1-2-16-11-8-12-4-3-5-13(9-11)17(12)6-7-19-10-14(15)18/h11-13,16H,2-10H2,1H3,(H2,15,18). The van der Waals surface area contributed by atoms with Gasteiger partial charge in [0, 0.05) is 24.7 Å². The molecule has 2 aliphatic rings. The molecular weight excluding hydrogens is 242 g/mol. The normalized spacial score (nSPS) is 31.3. The Bertz CT molecular complexity index is 284. The molecule has 0 aromatic rings. The highest BCUT2D eigenvalue weighted by molar-refractivity contribution is 5.74. The first-order chi connectivity index (χ1) is 9.20. The van der Waals surface area contributed by atoms with E-state index < -0.39 is 0 Å². The third kappa shape index (κ3) is 4.16. The maximum absolute atomic E-state index is 10.6. The molecule has 2 unspecified atom stereocenters. The van der Waals surface area contributed by atoms with E-state index in [0.29, 0.717) is 24.7 Å². The SMILES string of the molecule is CCNC1CC2CCCC(C1)N2CCOCC(N)=O. The zero-order valence-electron chi connectivity index (χ0n) is 11.9. The van der Waals surface area contributed by atoms with E-state index in [4.69, 9.17) is 10.5 Å². The molecule has 2 atom stereocenters. The quantitative estimate of drug-likeness (QED) is 0.660. The van der Waals surface area contributed by atoms with Gasteiger partial charge in [-0.05, 0) is 32.2 Å². The molecule has 19 heavy (non-hydrogen) atoms. The number of ether oxygens (including phenoxy) is 1. The molecule has 2 fully saturated rings. The Balaban J connectivity index is 1.79. The van der Waals surface area contributed by atoms with E-state index >= 15 is 0 Å². The van der Waals surface area contributed by atoms with Gasteiger partial charge in [0.05, 0.1) is 6.61 Å². The summed E-state index contributed by atoms with van der Waals surface area (Å²) < 4.78 is 5.31. The molecule has 0 aliphatic carbocycles. The summed E-state index contributed by atoms with van der Waals surface area (Å²) in [5, 5.41) is 3.60. The summed E-state index contributed by atoms with van der Waals surface area (Å²) in [5.41, 5.74) is 5.07. The first kappa shape index (κ1) is 14.8. The summed E-state index contributed by atoms with van der Waals surface area (Å²) in [5.74, 6) is -0.383. The highest BCUT2D eigenvalue weighted by Crippen LogP contribution is 2.33. The van der Waals surface area contributed by atoms with Crippen LogP contribution in [0.1, 0.15) is 39.0 Å². The number of primary amides is 1. The summed E-state index contributed by atoms with van der Waals surface area (Å²) in [6.45, 7) is 4.83. The van der Waals surface area contributed by atoms with E-state index in [2.05, 4.69) is 17.1 Å². The van der Waals surface area contributed by atoms with Gasteiger partial charge in [-0.1, -0.05) is 13.3 Å². The van der Waals surface area contributed by atoms with Crippen LogP contribution in [-0.2, 0) is 9.53 Å². The molecule has 0 saturated carbocycles. The van der Waals surface area contributed by atoms with Crippen molar-refractivity contribution in [2.45, 2.75) is 57.2 Å². The van der Waals surface area contributed by atoms with Crippen LogP contribution in [0.5, 0.6) is 0 Å². The zero-order valence-corrected chi connectivity index (χ0v) is 11.9. The average Bonchev–Trinajstić information content (AvgIpc) is 2.35. The average molecular weight is 269 g/mol. The third-order valence-corrected chi connectivity index (χ3v) is 4.36. The van der Waals surface area contributed by atoms with Crippen LogP contribution in [0, 0.1) is 0 Å². The fraction of sp³-hybridized carbons (Fsp3) is 0.929. The lowest BCUT2D eigenvalue weighted by Gasteiger charge is -2.49. The van der Waals surface area contributed by atoms with Crippen molar-refractivity contribution in [2.24, 2.45) is 5.73 Å². The Morgan fingerprint density at radius 3 is 2.63 bits per heavy atom. The number of piperidine rings is 2. The smallest absolute Gasteiger partial charge is 0.243 e. The molecule has 2 rings (SSSR count). The van der Waals surface area contributed by atoms with Gasteiger partial charge >= 0.3 is 0 Å². The molecule has 0 spiro atoms. The van der Waals surface area contributed by atoms with Gasteiger partial charge in [0.15, 0.2) is 0 Å². The van der Waals surface area contributed by atoms with E-state index in [-0.39, 0.29) is 12.5 Å². The largest absolute Gasteiger partial charge is 0.370 e. The zero-order chi connectivity index (χ0) is 13.7. The molecular formula is C14H27N3O2. The minimum Gasteiger partial charge on any atom is -0.370 e. The number of hydrogen-bond acceptors (Lipinski definition) is 4. The second-order valence-electron chi connectivity index (χ2n) is 5.72. The van der Waals surface area contributed by atoms with Crippen LogP contribution in [-0.4, -0.2) is 55.2 Å². The van der Waals surface area contributed by atoms with Crippen LogP contribution in [0.2, 0.25) is 0 Å². The number of carbonyl (C=O) groups excluding carboxylic acids is 1. The second-order valence-corrected chi connectivity index (χ2v) is 5.72. The number of rotatable bonds is 7. The van der Waals surface area contributed by atoms with Crippen LogP contribution in [0.4, 0.5) is 0 Å². The summed E-state index contributed by atoms with van der Waals surface area (Å²) >= 11 is 0. The maximum atomic E-state index is 10.6. The van der Waals surface area contributed by atoms with E-state index in [1.807, 2.05) is 0 Å². The van der Waals surface area contributed by atoms with Gasteiger partial charge in [0.25, 0.3) is 0 Å². The highest BCUT2D eigenvalue weighted by Gasteiger charge is 2.37. The third-order valence-electron chi connectivity index (χ3n) is 4.36. The van der Waals surface area contributed by atoms with Gasteiger partial charge in [0.2, 0.25) is 5.91 Å². The second kappa shape index (κ2) is 7.22. The number of nitrogens with zero attached hydrogens (tertiary/aromatic N) is 1. The molecule has 110 valence electrons. The number of amides is 1. The molecule has 2 heterocycles. The minimum atomic E-state index is -0.383. The number of fused-ring (bicyclic) bond motifs is 2. The molecule has 2 bridgehead atoms. The van der Waals surface area contributed by atoms with Gasteiger partial charge < -0.3 is 15.8 Å². The van der Waals surface area contributed by atoms with Crippen molar-refractivity contribution < 1.29 is 9.53 Å². The van der Waals surface area contributed by atoms with Crippen LogP contribution in [0.15, 0.2) is 0 Å². The van der Waals surface area contributed by atoms with E-state index in [1.54, 1.807) is 0 Å². The van der Waals surface area contributed by atoms with E-state index in [0.717, 1.165) is 13.1 Å². The summed E-state index contributed by atoms with van der Waals surface area (Å²) in [6.07, 6.45) is 6.45. The Hall–Kier alpha value is -0.650. The number of carbonyl (C=O) groups is 1. The van der Waals surface area contributed by atoms with Crippen molar-refractivity contribution in [3.63, 3.8) is 0 Å².